The van der Waals surface area contributed by atoms with Crippen LogP contribution in [0.1, 0.15) is 58.3 Å². The first-order valence-electron chi connectivity index (χ1n) is 8.34. The Balaban J connectivity index is 2.23. The molecule has 124 valence electrons. The monoisotopic (exact) mass is 308 g/mol. The van der Waals surface area contributed by atoms with E-state index in [4.69, 9.17) is 5.11 Å². The van der Waals surface area contributed by atoms with Crippen molar-refractivity contribution in [2.75, 3.05) is 0 Å². The molecule has 0 radical (unpaired) electrons. The van der Waals surface area contributed by atoms with E-state index < -0.39 is 12.1 Å². The summed E-state index contributed by atoms with van der Waals surface area (Å²) in [6, 6.07) is 0. The van der Waals surface area contributed by atoms with Gasteiger partial charge in [-0.2, -0.15) is 0 Å². The van der Waals surface area contributed by atoms with E-state index in [9.17, 15) is 14.7 Å². The lowest BCUT2D eigenvalue weighted by Crippen LogP contribution is -2.15. The second kappa shape index (κ2) is 10.3. The average Bonchev–Trinajstić information content (AvgIpc) is 2.84. The maximum absolute atomic E-state index is 11.9. The maximum Gasteiger partial charge on any atom is 0.303 e. The summed E-state index contributed by atoms with van der Waals surface area (Å²) in [6.45, 7) is 1.92. The number of allylic oxidation sites excluding steroid dienone is 3. The van der Waals surface area contributed by atoms with Gasteiger partial charge in [-0.15, -0.1) is 0 Å². The molecule has 0 aromatic rings. The molecule has 0 heterocycles. The summed E-state index contributed by atoms with van der Waals surface area (Å²) < 4.78 is 0. The Bertz CT molecular complexity index is 411. The lowest BCUT2D eigenvalue weighted by Gasteiger charge is -2.15. The third-order valence-electron chi connectivity index (χ3n) is 4.19. The second-order valence-electron chi connectivity index (χ2n) is 6.01. The van der Waals surface area contributed by atoms with Gasteiger partial charge in [-0.3, -0.25) is 9.59 Å². The molecular weight excluding hydrogens is 280 g/mol. The summed E-state index contributed by atoms with van der Waals surface area (Å²) in [5.41, 5.74) is 0. The van der Waals surface area contributed by atoms with E-state index in [1.165, 1.54) is 0 Å². The number of aliphatic carboxylic acids is 1. The lowest BCUT2D eigenvalue weighted by molar-refractivity contribution is -0.137. The Hall–Kier alpha value is -1.42. The zero-order chi connectivity index (χ0) is 16.4. The highest BCUT2D eigenvalue weighted by molar-refractivity contribution is 5.94. The first-order valence-corrected chi connectivity index (χ1v) is 8.34. The normalized spacial score (nSPS) is 22.5. The Morgan fingerprint density at radius 1 is 1.27 bits per heavy atom. The Morgan fingerprint density at radius 3 is 2.64 bits per heavy atom. The molecule has 0 unspecified atom stereocenters. The molecule has 0 aromatic heterocycles. The highest BCUT2D eigenvalue weighted by atomic mass is 16.4. The molecule has 1 rings (SSSR count). The standard InChI is InChI=1S/C18H28O4/c1-2-15(19)12-10-14-11-13-17(20)16(14)8-6-4-3-5-7-9-18(21)22/h10-16,19H,2-9H2,1H3,(H,21,22)/b12-10+/t14-,15+,16-/m1/s1. The number of ketones is 1. The molecule has 4 nitrogen and oxygen atoms in total. The molecule has 0 saturated carbocycles. The van der Waals surface area contributed by atoms with Crippen LogP contribution in [0.25, 0.3) is 0 Å². The van der Waals surface area contributed by atoms with Crippen LogP contribution in [0.5, 0.6) is 0 Å². The number of rotatable bonds is 11. The van der Waals surface area contributed by atoms with Crippen molar-refractivity contribution in [3.05, 3.63) is 24.3 Å². The van der Waals surface area contributed by atoms with Crippen molar-refractivity contribution in [3.63, 3.8) is 0 Å². The number of hydrogen-bond donors (Lipinski definition) is 2. The number of aliphatic hydroxyl groups excluding tert-OH is 1. The zero-order valence-electron chi connectivity index (χ0n) is 13.4. The molecule has 3 atom stereocenters. The summed E-state index contributed by atoms with van der Waals surface area (Å²) in [4.78, 5) is 22.3. The molecule has 1 aliphatic rings. The molecule has 0 saturated heterocycles. The maximum atomic E-state index is 11.9. The highest BCUT2D eigenvalue weighted by Crippen LogP contribution is 2.29. The van der Waals surface area contributed by atoms with Crippen LogP contribution in [0.15, 0.2) is 24.3 Å². The number of carboxylic acid groups (broad SMARTS) is 1. The third kappa shape index (κ3) is 7.03. The first kappa shape index (κ1) is 18.6. The predicted octanol–water partition coefficient (Wildman–Crippen LogP) is 3.50. The minimum atomic E-state index is -0.730. The van der Waals surface area contributed by atoms with Gasteiger partial charge in [0.05, 0.1) is 6.10 Å². The van der Waals surface area contributed by atoms with E-state index in [0.717, 1.165) is 38.5 Å². The SMILES string of the molecule is CC[C@H](O)/C=C/[C@@H]1C=CC(=O)[C@@H]1CCCCCCCC(=O)O. The van der Waals surface area contributed by atoms with Gasteiger partial charge in [0.1, 0.15) is 0 Å². The fourth-order valence-electron chi connectivity index (χ4n) is 2.75. The van der Waals surface area contributed by atoms with Crippen LogP contribution < -0.4 is 0 Å². The van der Waals surface area contributed by atoms with E-state index >= 15 is 0 Å². The fourth-order valence-corrected chi connectivity index (χ4v) is 2.75. The van der Waals surface area contributed by atoms with Crippen molar-refractivity contribution in [2.24, 2.45) is 11.8 Å². The van der Waals surface area contributed by atoms with Crippen LogP contribution in [0.3, 0.4) is 0 Å². The van der Waals surface area contributed by atoms with Gasteiger partial charge in [0.25, 0.3) is 0 Å². The number of aliphatic hydroxyl groups is 1. The number of hydrogen-bond acceptors (Lipinski definition) is 3. The molecule has 0 fully saturated rings. The summed E-state index contributed by atoms with van der Waals surface area (Å²) in [5, 5.41) is 18.1. The number of carboxylic acids is 1. The van der Waals surface area contributed by atoms with Crippen LogP contribution in [-0.2, 0) is 9.59 Å². The Kier molecular flexibility index (Phi) is 8.75. The number of carbonyl (C=O) groups is 2. The van der Waals surface area contributed by atoms with Crippen LogP contribution in [0.2, 0.25) is 0 Å². The van der Waals surface area contributed by atoms with E-state index in [2.05, 4.69) is 0 Å². The predicted molar refractivity (Wildman–Crippen MR) is 86.5 cm³/mol. The van der Waals surface area contributed by atoms with Crippen LogP contribution in [-0.4, -0.2) is 28.1 Å². The van der Waals surface area contributed by atoms with Crippen molar-refractivity contribution < 1.29 is 19.8 Å². The van der Waals surface area contributed by atoms with Crippen LogP contribution >= 0.6 is 0 Å². The Labute approximate surface area is 132 Å². The molecule has 0 aromatic carbocycles. The minimum Gasteiger partial charge on any atom is -0.481 e. The average molecular weight is 308 g/mol. The van der Waals surface area contributed by atoms with Crippen molar-refractivity contribution >= 4 is 11.8 Å². The fraction of sp³-hybridized carbons (Fsp3) is 0.667. The molecule has 0 amide bonds. The molecule has 0 bridgehead atoms. The molecule has 4 heteroatoms. The van der Waals surface area contributed by atoms with Gasteiger partial charge in [0.15, 0.2) is 5.78 Å². The molecular formula is C18H28O4. The zero-order valence-corrected chi connectivity index (χ0v) is 13.4. The number of unbranched alkanes of at least 4 members (excludes halogenated alkanes) is 4. The van der Waals surface area contributed by atoms with Gasteiger partial charge in [-0.25, -0.2) is 0 Å². The van der Waals surface area contributed by atoms with Gasteiger partial charge >= 0.3 is 5.97 Å². The summed E-state index contributed by atoms with van der Waals surface area (Å²) in [5.74, 6) is -0.418. The Morgan fingerprint density at radius 2 is 1.95 bits per heavy atom. The van der Waals surface area contributed by atoms with Crippen molar-refractivity contribution in [2.45, 2.75) is 64.4 Å². The molecule has 2 N–H and O–H groups in total. The van der Waals surface area contributed by atoms with Crippen molar-refractivity contribution in [1.82, 2.24) is 0 Å². The molecule has 22 heavy (non-hydrogen) atoms. The quantitative estimate of drug-likeness (QED) is 0.452. The largest absolute Gasteiger partial charge is 0.481 e. The van der Waals surface area contributed by atoms with Crippen molar-refractivity contribution in [1.29, 1.82) is 0 Å². The van der Waals surface area contributed by atoms with Crippen LogP contribution in [0, 0.1) is 11.8 Å². The lowest BCUT2D eigenvalue weighted by atomic mass is 9.88. The van der Waals surface area contributed by atoms with E-state index in [0.29, 0.717) is 6.42 Å². The smallest absolute Gasteiger partial charge is 0.303 e. The van der Waals surface area contributed by atoms with Crippen LogP contribution in [0.4, 0.5) is 0 Å². The first-order chi connectivity index (χ1) is 10.5. The number of carbonyl (C=O) groups excluding carboxylic acids is 1. The van der Waals surface area contributed by atoms with Gasteiger partial charge < -0.3 is 10.2 Å². The van der Waals surface area contributed by atoms with E-state index in [1.54, 1.807) is 12.2 Å². The minimum absolute atomic E-state index is 0.0133. The summed E-state index contributed by atoms with van der Waals surface area (Å²) >= 11 is 0. The van der Waals surface area contributed by atoms with Gasteiger partial charge in [0.2, 0.25) is 0 Å². The molecule has 0 spiro atoms. The van der Waals surface area contributed by atoms with E-state index in [1.807, 2.05) is 19.1 Å². The van der Waals surface area contributed by atoms with Gasteiger partial charge in [-0.1, -0.05) is 50.8 Å². The highest BCUT2D eigenvalue weighted by Gasteiger charge is 2.27. The molecule has 0 aliphatic heterocycles. The second-order valence-corrected chi connectivity index (χ2v) is 6.01. The van der Waals surface area contributed by atoms with Crippen molar-refractivity contribution in [3.8, 4) is 0 Å². The topological polar surface area (TPSA) is 74.6 Å². The van der Waals surface area contributed by atoms with E-state index in [-0.39, 0.29) is 24.0 Å². The van der Waals surface area contributed by atoms with Gasteiger partial charge in [-0.05, 0) is 25.3 Å². The third-order valence-corrected chi connectivity index (χ3v) is 4.19. The summed E-state index contributed by atoms with van der Waals surface area (Å²) in [7, 11) is 0. The summed E-state index contributed by atoms with van der Waals surface area (Å²) in [6.07, 6.45) is 13.4. The van der Waals surface area contributed by atoms with Gasteiger partial charge in [0, 0.05) is 18.3 Å². The molecule has 1 aliphatic carbocycles.